The van der Waals surface area contributed by atoms with Gasteiger partial charge in [0.05, 0.1) is 14.2 Å². The molecule has 8 nitrogen and oxygen atoms in total. The van der Waals surface area contributed by atoms with Crippen molar-refractivity contribution in [3.63, 3.8) is 0 Å². The Morgan fingerprint density at radius 3 is 2.40 bits per heavy atom. The van der Waals surface area contributed by atoms with Crippen LogP contribution in [0.5, 0.6) is 23.0 Å². The number of carbonyl (C=O) groups excluding carboxylic acids is 1. The molecule has 1 amide bonds. The van der Waals surface area contributed by atoms with Gasteiger partial charge in [-0.1, -0.05) is 13.3 Å². The number of carbonyl (C=O) groups is 1. The van der Waals surface area contributed by atoms with Crippen molar-refractivity contribution in [1.82, 2.24) is 0 Å². The lowest BCUT2D eigenvalue weighted by Gasteiger charge is -2.31. The highest BCUT2D eigenvalue weighted by atomic mass is 32.2. The minimum absolute atomic E-state index is 0.0424. The molecule has 1 aliphatic rings. The van der Waals surface area contributed by atoms with E-state index in [1.807, 2.05) is 0 Å². The molecule has 1 heterocycles. The van der Waals surface area contributed by atoms with Gasteiger partial charge in [-0.25, -0.2) is 0 Å². The average Bonchev–Trinajstić information content (AvgIpc) is 2.73. The quantitative estimate of drug-likeness (QED) is 0.666. The van der Waals surface area contributed by atoms with Crippen molar-refractivity contribution in [2.24, 2.45) is 5.92 Å². The Labute approximate surface area is 176 Å². The van der Waals surface area contributed by atoms with Crippen LogP contribution >= 0.6 is 0 Å². The summed E-state index contributed by atoms with van der Waals surface area (Å²) in [6.45, 7) is 2.69. The number of hydrogen-bond donors (Lipinski definition) is 1. The molecule has 3 rings (SSSR count). The molecule has 1 unspecified atom stereocenters. The molecule has 1 saturated heterocycles. The van der Waals surface area contributed by atoms with Gasteiger partial charge >= 0.3 is 10.1 Å². The van der Waals surface area contributed by atoms with Gasteiger partial charge in [-0.15, -0.1) is 0 Å². The van der Waals surface area contributed by atoms with E-state index in [2.05, 4.69) is 6.92 Å². The molecule has 0 spiro atoms. The number of amides is 1. The number of methoxy groups -OCH3 is 2. The van der Waals surface area contributed by atoms with Gasteiger partial charge in [-0.3, -0.25) is 4.79 Å². The number of phenols is 1. The van der Waals surface area contributed by atoms with Gasteiger partial charge in [-0.05, 0) is 36.6 Å². The maximum atomic E-state index is 12.6. The molecule has 2 aromatic carbocycles. The third-order valence-corrected chi connectivity index (χ3v) is 6.44. The maximum Gasteiger partial charge on any atom is 0.339 e. The largest absolute Gasteiger partial charge is 0.504 e. The van der Waals surface area contributed by atoms with E-state index >= 15 is 0 Å². The zero-order chi connectivity index (χ0) is 21.9. The lowest BCUT2D eigenvalue weighted by atomic mass is 9.93. The molecule has 9 heteroatoms. The summed E-state index contributed by atoms with van der Waals surface area (Å²) in [6.07, 6.45) is 2.40. The molecule has 30 heavy (non-hydrogen) atoms. The second kappa shape index (κ2) is 8.83. The number of rotatable bonds is 7. The van der Waals surface area contributed by atoms with E-state index in [1.54, 1.807) is 17.0 Å². The first-order valence-electron chi connectivity index (χ1n) is 9.59. The van der Waals surface area contributed by atoms with Crippen LogP contribution in [-0.2, 0) is 14.9 Å². The number of benzene rings is 2. The van der Waals surface area contributed by atoms with E-state index < -0.39 is 10.1 Å². The van der Waals surface area contributed by atoms with E-state index in [0.717, 1.165) is 18.9 Å². The zero-order valence-electron chi connectivity index (χ0n) is 17.1. The molecule has 0 radical (unpaired) electrons. The van der Waals surface area contributed by atoms with E-state index in [1.165, 1.54) is 32.4 Å². The Bertz CT molecular complexity index is 1020. The first-order valence-corrected chi connectivity index (χ1v) is 11.0. The Kier molecular flexibility index (Phi) is 6.40. The fourth-order valence-corrected chi connectivity index (χ4v) is 4.37. The van der Waals surface area contributed by atoms with Crippen LogP contribution in [0.1, 0.15) is 26.2 Å². The summed E-state index contributed by atoms with van der Waals surface area (Å²) in [7, 11) is -1.45. The summed E-state index contributed by atoms with van der Waals surface area (Å²) >= 11 is 0. The fourth-order valence-electron chi connectivity index (χ4n) is 3.45. The lowest BCUT2D eigenvalue weighted by molar-refractivity contribution is -0.120. The molecule has 0 saturated carbocycles. The van der Waals surface area contributed by atoms with Crippen LogP contribution in [0.4, 0.5) is 5.69 Å². The topological polar surface area (TPSA) is 102 Å². The second-order valence-electron chi connectivity index (χ2n) is 7.02. The summed E-state index contributed by atoms with van der Waals surface area (Å²) in [5.74, 6) is 0.216. The summed E-state index contributed by atoms with van der Waals surface area (Å²) in [6, 6.07) is 8.40. The summed E-state index contributed by atoms with van der Waals surface area (Å²) < 4.78 is 40.5. The van der Waals surface area contributed by atoms with Crippen LogP contribution in [0.15, 0.2) is 41.3 Å². The molecule has 0 aromatic heterocycles. The van der Waals surface area contributed by atoms with Crippen LogP contribution in [0, 0.1) is 5.92 Å². The van der Waals surface area contributed by atoms with E-state index in [-0.39, 0.29) is 33.8 Å². The van der Waals surface area contributed by atoms with Crippen LogP contribution < -0.4 is 18.6 Å². The number of hydrogen-bond acceptors (Lipinski definition) is 7. The summed E-state index contributed by atoms with van der Waals surface area (Å²) in [4.78, 5) is 14.0. The van der Waals surface area contributed by atoms with E-state index in [9.17, 15) is 18.3 Å². The number of phenolic OH excluding ortho intramolecular Hbond substituents is 1. The highest BCUT2D eigenvalue weighted by molar-refractivity contribution is 7.87. The van der Waals surface area contributed by atoms with Gasteiger partial charge in [0, 0.05) is 30.8 Å². The summed E-state index contributed by atoms with van der Waals surface area (Å²) in [5, 5.41) is 10.00. The van der Waals surface area contributed by atoms with E-state index in [0.29, 0.717) is 24.6 Å². The van der Waals surface area contributed by atoms with Crippen LogP contribution in [0.2, 0.25) is 0 Å². The predicted octanol–water partition coefficient (Wildman–Crippen LogP) is 3.33. The second-order valence-corrected chi connectivity index (χ2v) is 8.57. The van der Waals surface area contributed by atoms with E-state index in [4.69, 9.17) is 13.7 Å². The van der Waals surface area contributed by atoms with Crippen LogP contribution in [0.3, 0.4) is 0 Å². The minimum atomic E-state index is -4.16. The number of nitrogens with zero attached hydrogens (tertiary/aromatic N) is 1. The van der Waals surface area contributed by atoms with Gasteiger partial charge in [0.15, 0.2) is 17.2 Å². The van der Waals surface area contributed by atoms with Crippen molar-refractivity contribution in [2.45, 2.75) is 31.1 Å². The normalized spacial score (nSPS) is 17.0. The highest BCUT2D eigenvalue weighted by Crippen LogP contribution is 2.40. The van der Waals surface area contributed by atoms with Crippen molar-refractivity contribution in [3.8, 4) is 23.0 Å². The predicted molar refractivity (Wildman–Crippen MR) is 111 cm³/mol. The first kappa shape index (κ1) is 21.8. The minimum Gasteiger partial charge on any atom is -0.504 e. The molecule has 162 valence electrons. The Morgan fingerprint density at radius 2 is 1.83 bits per heavy atom. The van der Waals surface area contributed by atoms with Crippen LogP contribution in [0.25, 0.3) is 0 Å². The van der Waals surface area contributed by atoms with Crippen molar-refractivity contribution < 1.29 is 32.0 Å². The number of anilines is 1. The standard InChI is InChI=1S/C21H25NO7S/c1-4-14-9-10-22(20(24)11-14)15-5-7-17(8-6-15)30(25,26)29-16-12-18(23)21(28-3)19(13-16)27-2/h5-8,12-14,23H,4,9-11H2,1-3H3. The lowest BCUT2D eigenvalue weighted by Crippen LogP contribution is -2.38. The van der Waals surface area contributed by atoms with Crippen molar-refractivity contribution >= 4 is 21.7 Å². The third-order valence-electron chi connectivity index (χ3n) is 5.18. The maximum absolute atomic E-state index is 12.6. The number of aromatic hydroxyl groups is 1. The van der Waals surface area contributed by atoms with Gasteiger partial charge < -0.3 is 23.7 Å². The molecular formula is C21H25NO7S. The average molecular weight is 435 g/mol. The molecule has 1 aliphatic heterocycles. The molecular weight excluding hydrogens is 410 g/mol. The van der Waals surface area contributed by atoms with Crippen molar-refractivity contribution in [2.75, 3.05) is 25.7 Å². The number of piperidine rings is 1. The number of ether oxygens (including phenoxy) is 2. The van der Waals surface area contributed by atoms with Gasteiger partial charge in [0.25, 0.3) is 0 Å². The third kappa shape index (κ3) is 4.46. The van der Waals surface area contributed by atoms with Crippen molar-refractivity contribution in [3.05, 3.63) is 36.4 Å². The fraction of sp³-hybridized carbons (Fsp3) is 0.381. The highest BCUT2D eigenvalue weighted by Gasteiger charge is 2.26. The Hall–Kier alpha value is -2.94. The van der Waals surface area contributed by atoms with Crippen molar-refractivity contribution in [1.29, 1.82) is 0 Å². The molecule has 1 fully saturated rings. The molecule has 1 N–H and O–H groups in total. The molecule has 2 aromatic rings. The zero-order valence-corrected chi connectivity index (χ0v) is 17.9. The molecule has 0 bridgehead atoms. The Balaban J connectivity index is 1.79. The van der Waals surface area contributed by atoms with Gasteiger partial charge in [-0.2, -0.15) is 8.42 Å². The first-order chi connectivity index (χ1) is 14.3. The monoisotopic (exact) mass is 435 g/mol. The van der Waals surface area contributed by atoms with Crippen LogP contribution in [-0.4, -0.2) is 40.2 Å². The molecule has 0 aliphatic carbocycles. The SMILES string of the molecule is CCC1CCN(c2ccc(S(=O)(=O)Oc3cc(O)c(OC)c(OC)c3)cc2)C(=O)C1. The van der Waals surface area contributed by atoms with Gasteiger partial charge in [0.1, 0.15) is 4.90 Å². The van der Waals surface area contributed by atoms with Gasteiger partial charge in [0.2, 0.25) is 11.7 Å². The smallest absolute Gasteiger partial charge is 0.339 e. The Morgan fingerprint density at radius 1 is 1.13 bits per heavy atom. The summed E-state index contributed by atoms with van der Waals surface area (Å²) in [5.41, 5.74) is 0.650. The molecule has 1 atom stereocenters.